The topological polar surface area (TPSA) is 109 Å². The van der Waals surface area contributed by atoms with E-state index < -0.39 is 0 Å². The second-order valence-corrected chi connectivity index (χ2v) is 10.1. The summed E-state index contributed by atoms with van der Waals surface area (Å²) in [5.41, 5.74) is 0.833. The lowest BCUT2D eigenvalue weighted by atomic mass is 9.95. The Kier molecular flexibility index (Phi) is 10.6. The number of benzene rings is 1. The van der Waals surface area contributed by atoms with Crippen LogP contribution < -0.4 is 15.4 Å². The van der Waals surface area contributed by atoms with Crippen molar-refractivity contribution in [3.8, 4) is 5.75 Å². The highest BCUT2D eigenvalue weighted by atomic mass is 16.5. The quantitative estimate of drug-likeness (QED) is 0.620. The van der Waals surface area contributed by atoms with Crippen LogP contribution in [0.15, 0.2) is 18.2 Å². The zero-order valence-corrected chi connectivity index (χ0v) is 22.7. The lowest BCUT2D eigenvalue weighted by molar-refractivity contribution is -0.142. The Bertz CT molecular complexity index is 935. The maximum absolute atomic E-state index is 13.6. The molecule has 0 unspecified atom stereocenters. The molecule has 0 aromatic heterocycles. The highest BCUT2D eigenvalue weighted by Gasteiger charge is 2.33. The van der Waals surface area contributed by atoms with Gasteiger partial charge >= 0.3 is 6.03 Å². The van der Waals surface area contributed by atoms with Gasteiger partial charge in [-0.25, -0.2) is 4.79 Å². The first-order valence-corrected chi connectivity index (χ1v) is 13.2. The van der Waals surface area contributed by atoms with Gasteiger partial charge in [-0.3, -0.25) is 9.59 Å². The van der Waals surface area contributed by atoms with Crippen LogP contribution in [0, 0.1) is 11.8 Å². The van der Waals surface area contributed by atoms with Gasteiger partial charge in [0, 0.05) is 64.5 Å². The zero-order chi connectivity index (χ0) is 26.9. The number of fused-ring (bicyclic) bond motifs is 1. The summed E-state index contributed by atoms with van der Waals surface area (Å²) in [5, 5.41) is 5.54. The van der Waals surface area contributed by atoms with Crippen molar-refractivity contribution in [1.29, 1.82) is 0 Å². The Morgan fingerprint density at radius 2 is 1.89 bits per heavy atom. The first kappa shape index (κ1) is 28.7. The van der Waals surface area contributed by atoms with Gasteiger partial charge in [0.15, 0.2) is 0 Å². The lowest BCUT2D eigenvalue weighted by Gasteiger charge is -2.38. The average Bonchev–Trinajstić information content (AvgIpc) is 2.91. The van der Waals surface area contributed by atoms with E-state index in [2.05, 4.69) is 10.6 Å². The van der Waals surface area contributed by atoms with E-state index in [4.69, 9.17) is 14.2 Å². The highest BCUT2D eigenvalue weighted by Crippen LogP contribution is 2.27. The van der Waals surface area contributed by atoms with Gasteiger partial charge in [-0.15, -0.1) is 0 Å². The van der Waals surface area contributed by atoms with Crippen molar-refractivity contribution in [3.63, 3.8) is 0 Å². The molecular formula is C27H42N4O6. The number of amides is 4. The van der Waals surface area contributed by atoms with Gasteiger partial charge in [-0.05, 0) is 44.4 Å². The standard InChI is InChI=1S/C27H42N4O6/c1-6-11-28-27(34)29-21-7-8-23-22(14-21)26(33)30(4)16-24(35-5)18(2)15-31(19(3)17-37-23)25(32)20-9-12-36-13-10-20/h7-8,14,18-20,24H,6,9-13,15-17H2,1-5H3,(H2,28,29,34)/t18-,19+,24-/m0/s1. The zero-order valence-electron chi connectivity index (χ0n) is 22.7. The van der Waals surface area contributed by atoms with E-state index in [-0.39, 0.29) is 48.4 Å². The van der Waals surface area contributed by atoms with Gasteiger partial charge in [-0.2, -0.15) is 0 Å². The van der Waals surface area contributed by atoms with Crippen LogP contribution in [-0.2, 0) is 14.3 Å². The van der Waals surface area contributed by atoms with Crippen molar-refractivity contribution in [2.24, 2.45) is 11.8 Å². The number of carbonyl (C=O) groups excluding carboxylic acids is 3. The molecule has 1 aromatic carbocycles. The molecule has 206 valence electrons. The number of anilines is 1. The van der Waals surface area contributed by atoms with Crippen LogP contribution in [0.25, 0.3) is 0 Å². The van der Waals surface area contributed by atoms with Crippen molar-refractivity contribution in [2.45, 2.75) is 52.2 Å². The molecule has 1 aromatic rings. The van der Waals surface area contributed by atoms with Crippen molar-refractivity contribution >= 4 is 23.5 Å². The van der Waals surface area contributed by atoms with E-state index >= 15 is 0 Å². The fourth-order valence-electron chi connectivity index (χ4n) is 4.75. The van der Waals surface area contributed by atoms with Gasteiger partial charge in [0.05, 0.1) is 17.7 Å². The lowest BCUT2D eigenvalue weighted by Crippen LogP contribution is -2.50. The maximum atomic E-state index is 13.6. The molecule has 3 rings (SSSR count). The average molecular weight is 519 g/mol. The SMILES string of the molecule is CCCNC(=O)Nc1ccc2c(c1)C(=O)N(C)C[C@H](OC)[C@@H](C)CN(C(=O)C1CCOCC1)[C@H](C)CO2. The Hall–Kier alpha value is -2.85. The Morgan fingerprint density at radius 3 is 2.57 bits per heavy atom. The number of urea groups is 1. The number of methoxy groups -OCH3 is 1. The van der Waals surface area contributed by atoms with Crippen LogP contribution >= 0.6 is 0 Å². The molecule has 2 N–H and O–H groups in total. The minimum atomic E-state index is -0.333. The van der Waals surface area contributed by atoms with Crippen molar-refractivity contribution in [3.05, 3.63) is 23.8 Å². The summed E-state index contributed by atoms with van der Waals surface area (Å²) in [6, 6.07) is 4.48. The van der Waals surface area contributed by atoms with Gasteiger partial charge in [0.25, 0.3) is 5.91 Å². The van der Waals surface area contributed by atoms with Gasteiger partial charge in [0.2, 0.25) is 5.91 Å². The monoisotopic (exact) mass is 518 g/mol. The van der Waals surface area contributed by atoms with E-state index in [0.717, 1.165) is 6.42 Å². The third-order valence-electron chi connectivity index (χ3n) is 7.09. The van der Waals surface area contributed by atoms with Crippen molar-refractivity contribution in [2.75, 3.05) is 58.9 Å². The fraction of sp³-hybridized carbons (Fsp3) is 0.667. The van der Waals surface area contributed by atoms with Crippen molar-refractivity contribution in [1.82, 2.24) is 15.1 Å². The van der Waals surface area contributed by atoms with Crippen LogP contribution in [0.5, 0.6) is 5.75 Å². The van der Waals surface area contributed by atoms with Crippen LogP contribution in [0.2, 0.25) is 0 Å². The summed E-state index contributed by atoms with van der Waals surface area (Å²) in [4.78, 5) is 42.7. The summed E-state index contributed by atoms with van der Waals surface area (Å²) >= 11 is 0. The summed E-state index contributed by atoms with van der Waals surface area (Å²) in [6.07, 6.45) is 1.98. The Balaban J connectivity index is 1.90. The molecule has 10 nitrogen and oxygen atoms in total. The predicted molar refractivity (Wildman–Crippen MR) is 141 cm³/mol. The molecule has 10 heteroatoms. The summed E-state index contributed by atoms with van der Waals surface area (Å²) in [6.45, 7) is 8.81. The number of nitrogens with zero attached hydrogens (tertiary/aromatic N) is 2. The van der Waals surface area contributed by atoms with E-state index in [1.165, 1.54) is 0 Å². The predicted octanol–water partition coefficient (Wildman–Crippen LogP) is 2.98. The van der Waals surface area contributed by atoms with E-state index in [0.29, 0.717) is 62.7 Å². The Morgan fingerprint density at radius 1 is 1.16 bits per heavy atom. The Labute approximate surface area is 220 Å². The van der Waals surface area contributed by atoms with Crippen LogP contribution in [0.3, 0.4) is 0 Å². The van der Waals surface area contributed by atoms with Crippen LogP contribution in [-0.4, -0.2) is 93.4 Å². The van der Waals surface area contributed by atoms with Gasteiger partial charge in [-0.1, -0.05) is 13.8 Å². The molecule has 0 radical (unpaired) electrons. The largest absolute Gasteiger partial charge is 0.491 e. The molecule has 1 saturated heterocycles. The summed E-state index contributed by atoms with van der Waals surface area (Å²) < 4.78 is 17.4. The molecule has 0 aliphatic carbocycles. The van der Waals surface area contributed by atoms with Crippen LogP contribution in [0.4, 0.5) is 10.5 Å². The number of hydrogen-bond acceptors (Lipinski definition) is 6. The number of ether oxygens (including phenoxy) is 3. The molecule has 2 aliphatic heterocycles. The molecule has 4 amide bonds. The van der Waals surface area contributed by atoms with E-state index in [1.54, 1.807) is 37.3 Å². The van der Waals surface area contributed by atoms with Crippen LogP contribution in [0.1, 0.15) is 50.4 Å². The van der Waals surface area contributed by atoms with Gasteiger partial charge in [0.1, 0.15) is 12.4 Å². The minimum Gasteiger partial charge on any atom is -0.491 e. The number of carbonyl (C=O) groups is 3. The maximum Gasteiger partial charge on any atom is 0.319 e. The van der Waals surface area contributed by atoms with Crippen molar-refractivity contribution < 1.29 is 28.6 Å². The normalized spacial score (nSPS) is 23.8. The molecule has 2 heterocycles. The molecular weight excluding hydrogens is 476 g/mol. The molecule has 37 heavy (non-hydrogen) atoms. The minimum absolute atomic E-state index is 0.0133. The smallest absolute Gasteiger partial charge is 0.319 e. The van der Waals surface area contributed by atoms with E-state index in [9.17, 15) is 14.4 Å². The first-order valence-electron chi connectivity index (χ1n) is 13.2. The summed E-state index contributed by atoms with van der Waals surface area (Å²) in [5.74, 6) is 0.205. The fourth-order valence-corrected chi connectivity index (χ4v) is 4.75. The third kappa shape index (κ3) is 7.58. The number of likely N-dealkylation sites (N-methyl/N-ethyl adjacent to an activating group) is 1. The molecule has 0 bridgehead atoms. The number of hydrogen-bond donors (Lipinski definition) is 2. The first-order chi connectivity index (χ1) is 17.7. The molecule has 0 saturated carbocycles. The molecule has 2 aliphatic rings. The van der Waals surface area contributed by atoms with Gasteiger partial charge < -0.3 is 34.6 Å². The van der Waals surface area contributed by atoms with E-state index in [1.807, 2.05) is 25.7 Å². The molecule has 0 spiro atoms. The molecule has 3 atom stereocenters. The highest BCUT2D eigenvalue weighted by molar-refractivity contribution is 5.99. The molecule has 1 fully saturated rings. The second kappa shape index (κ2) is 13.6. The number of nitrogens with one attached hydrogen (secondary N) is 2. The number of rotatable bonds is 5. The third-order valence-corrected chi connectivity index (χ3v) is 7.09. The summed E-state index contributed by atoms with van der Waals surface area (Å²) in [7, 11) is 3.35. The second-order valence-electron chi connectivity index (χ2n) is 10.1.